The number of rotatable bonds is 8. The molecule has 3 fully saturated rings. The highest BCUT2D eigenvalue weighted by molar-refractivity contribution is 5.82. The van der Waals surface area contributed by atoms with Crippen molar-refractivity contribution in [1.29, 1.82) is 0 Å². The van der Waals surface area contributed by atoms with Crippen LogP contribution in [0.5, 0.6) is 0 Å². The molecule has 1 N–H and O–H groups in total. The standard InChI is InChI=1S/C27H37N7O4/c35-26(19-28-27(36)38-21-22-5-2-1-3-6-22)34-16-14-33(15-17-34)25-9-8-24(29-30-25)32-12-10-31(11-13-32)20-23-7-4-18-37-23/h1-3,5-6,8-9,23H,4,7,10-21H2,(H,28,36). The van der Waals surface area contributed by atoms with Crippen molar-refractivity contribution >= 4 is 23.6 Å². The van der Waals surface area contributed by atoms with Crippen LogP contribution in [0, 0.1) is 0 Å². The Hall–Kier alpha value is -3.44. The van der Waals surface area contributed by atoms with Crippen LogP contribution in [-0.2, 0) is 20.9 Å². The van der Waals surface area contributed by atoms with Gasteiger partial charge in [0.1, 0.15) is 13.2 Å². The van der Waals surface area contributed by atoms with Crippen molar-refractivity contribution in [3.8, 4) is 0 Å². The van der Waals surface area contributed by atoms with Gasteiger partial charge in [-0.3, -0.25) is 9.69 Å². The number of carbonyl (C=O) groups excluding carboxylic acids is 2. The lowest BCUT2D eigenvalue weighted by atomic mass is 10.2. The summed E-state index contributed by atoms with van der Waals surface area (Å²) in [6.07, 6.45) is 2.16. The first kappa shape index (κ1) is 26.2. The average molecular weight is 524 g/mol. The summed E-state index contributed by atoms with van der Waals surface area (Å²) in [5.41, 5.74) is 0.897. The second-order valence-corrected chi connectivity index (χ2v) is 9.96. The number of carbonyl (C=O) groups is 2. The summed E-state index contributed by atoms with van der Waals surface area (Å²) in [6, 6.07) is 13.5. The number of nitrogens with zero attached hydrogens (tertiary/aromatic N) is 6. The Morgan fingerprint density at radius 3 is 2.16 bits per heavy atom. The van der Waals surface area contributed by atoms with Gasteiger partial charge in [-0.05, 0) is 30.5 Å². The molecule has 5 rings (SSSR count). The van der Waals surface area contributed by atoms with Gasteiger partial charge in [0, 0.05) is 65.5 Å². The zero-order valence-corrected chi connectivity index (χ0v) is 21.8. The highest BCUT2D eigenvalue weighted by Crippen LogP contribution is 2.19. The van der Waals surface area contributed by atoms with Gasteiger partial charge in [-0.2, -0.15) is 0 Å². The topological polar surface area (TPSA) is 103 Å². The minimum absolute atomic E-state index is 0.0803. The van der Waals surface area contributed by atoms with Gasteiger partial charge in [0.15, 0.2) is 11.6 Å². The first-order valence-corrected chi connectivity index (χ1v) is 13.5. The fourth-order valence-electron chi connectivity index (χ4n) is 5.11. The number of aromatic nitrogens is 2. The van der Waals surface area contributed by atoms with Crippen LogP contribution in [0.25, 0.3) is 0 Å². The Bertz CT molecular complexity index is 1030. The maximum atomic E-state index is 12.6. The van der Waals surface area contributed by atoms with E-state index in [1.54, 1.807) is 4.90 Å². The molecule has 11 nitrogen and oxygen atoms in total. The molecule has 3 aliphatic rings. The van der Waals surface area contributed by atoms with Crippen molar-refractivity contribution < 1.29 is 19.1 Å². The quantitative estimate of drug-likeness (QED) is 0.549. The van der Waals surface area contributed by atoms with Crippen LogP contribution in [0.15, 0.2) is 42.5 Å². The van der Waals surface area contributed by atoms with Crippen LogP contribution in [0.4, 0.5) is 16.4 Å². The third-order valence-corrected chi connectivity index (χ3v) is 7.37. The van der Waals surface area contributed by atoms with E-state index in [9.17, 15) is 9.59 Å². The lowest BCUT2D eigenvalue weighted by Gasteiger charge is -2.37. The highest BCUT2D eigenvalue weighted by Gasteiger charge is 2.25. The molecule has 2 aromatic rings. The van der Waals surface area contributed by atoms with Crippen LogP contribution in [0.3, 0.4) is 0 Å². The first-order valence-electron chi connectivity index (χ1n) is 13.5. The van der Waals surface area contributed by atoms with Crippen molar-refractivity contribution in [2.75, 3.05) is 81.9 Å². The van der Waals surface area contributed by atoms with Crippen LogP contribution in [0.2, 0.25) is 0 Å². The van der Waals surface area contributed by atoms with Crippen molar-refractivity contribution in [3.63, 3.8) is 0 Å². The van der Waals surface area contributed by atoms with Gasteiger partial charge in [-0.1, -0.05) is 30.3 Å². The van der Waals surface area contributed by atoms with Crippen LogP contribution in [0.1, 0.15) is 18.4 Å². The van der Waals surface area contributed by atoms with Crippen molar-refractivity contribution in [2.24, 2.45) is 0 Å². The molecule has 3 saturated heterocycles. The van der Waals surface area contributed by atoms with E-state index < -0.39 is 6.09 Å². The molecule has 3 aliphatic heterocycles. The SMILES string of the molecule is O=C(NCC(=O)N1CCN(c2ccc(N3CCN(CC4CCCO4)CC3)nn2)CC1)OCc1ccccc1. The van der Waals surface area contributed by atoms with Gasteiger partial charge >= 0.3 is 6.09 Å². The molecule has 38 heavy (non-hydrogen) atoms. The number of ether oxygens (including phenoxy) is 2. The normalized spacial score (nSPS) is 20.4. The first-order chi connectivity index (χ1) is 18.6. The second kappa shape index (κ2) is 12.9. The molecule has 1 atom stereocenters. The predicted molar refractivity (Wildman–Crippen MR) is 143 cm³/mol. The fourth-order valence-corrected chi connectivity index (χ4v) is 5.11. The number of anilines is 2. The Balaban J connectivity index is 1.00. The van der Waals surface area contributed by atoms with E-state index in [1.165, 1.54) is 12.8 Å². The molecule has 1 unspecified atom stereocenters. The Labute approximate surface area is 223 Å². The van der Waals surface area contributed by atoms with Crippen molar-refractivity contribution in [2.45, 2.75) is 25.6 Å². The van der Waals surface area contributed by atoms with Gasteiger partial charge in [0.2, 0.25) is 5.91 Å². The Morgan fingerprint density at radius 1 is 0.895 bits per heavy atom. The number of benzene rings is 1. The molecule has 0 aliphatic carbocycles. The summed E-state index contributed by atoms with van der Waals surface area (Å²) in [7, 11) is 0. The molecule has 0 bridgehead atoms. The molecule has 1 aromatic heterocycles. The van der Waals surface area contributed by atoms with Gasteiger partial charge in [-0.25, -0.2) is 4.79 Å². The van der Waals surface area contributed by atoms with E-state index in [2.05, 4.69) is 30.2 Å². The van der Waals surface area contributed by atoms with Crippen LogP contribution < -0.4 is 15.1 Å². The minimum atomic E-state index is -0.597. The molecule has 0 spiro atoms. The average Bonchev–Trinajstić information content (AvgIpc) is 3.49. The summed E-state index contributed by atoms with van der Waals surface area (Å²) in [5, 5.41) is 11.5. The van der Waals surface area contributed by atoms with E-state index in [0.29, 0.717) is 32.3 Å². The fraction of sp³-hybridized carbons (Fsp3) is 0.556. The molecular weight excluding hydrogens is 486 g/mol. The second-order valence-electron chi connectivity index (χ2n) is 9.96. The van der Waals surface area contributed by atoms with Crippen LogP contribution >= 0.6 is 0 Å². The summed E-state index contributed by atoms with van der Waals surface area (Å²) in [6.45, 7) is 8.39. The summed E-state index contributed by atoms with van der Waals surface area (Å²) >= 11 is 0. The van der Waals surface area contributed by atoms with Gasteiger partial charge in [0.05, 0.1) is 6.10 Å². The number of piperazine rings is 2. The number of hydrogen-bond donors (Lipinski definition) is 1. The summed E-state index contributed by atoms with van der Waals surface area (Å²) in [4.78, 5) is 33.2. The number of amides is 2. The summed E-state index contributed by atoms with van der Waals surface area (Å²) < 4.78 is 10.9. The van der Waals surface area contributed by atoms with Crippen LogP contribution in [-0.4, -0.2) is 110 Å². The van der Waals surface area contributed by atoms with E-state index in [4.69, 9.17) is 9.47 Å². The maximum absolute atomic E-state index is 12.6. The predicted octanol–water partition coefficient (Wildman–Crippen LogP) is 1.35. The van der Waals surface area contributed by atoms with Crippen molar-refractivity contribution in [3.05, 3.63) is 48.0 Å². The van der Waals surface area contributed by atoms with Gasteiger partial charge in [0.25, 0.3) is 0 Å². The molecule has 0 radical (unpaired) electrons. The van der Waals surface area contributed by atoms with E-state index in [-0.39, 0.29) is 19.1 Å². The largest absolute Gasteiger partial charge is 0.445 e. The smallest absolute Gasteiger partial charge is 0.407 e. The third kappa shape index (κ3) is 7.11. The zero-order valence-electron chi connectivity index (χ0n) is 21.8. The minimum Gasteiger partial charge on any atom is -0.445 e. The molecule has 2 amide bonds. The molecular formula is C27H37N7O4. The Kier molecular flexibility index (Phi) is 8.87. The molecule has 204 valence electrons. The van der Waals surface area contributed by atoms with Crippen molar-refractivity contribution in [1.82, 2.24) is 25.3 Å². The molecule has 1 aromatic carbocycles. The van der Waals surface area contributed by atoms with Gasteiger partial charge < -0.3 is 29.5 Å². The van der Waals surface area contributed by atoms with E-state index in [0.717, 1.165) is 56.5 Å². The summed E-state index contributed by atoms with van der Waals surface area (Å²) in [5.74, 6) is 1.60. The highest BCUT2D eigenvalue weighted by atomic mass is 16.5. The molecule has 11 heteroatoms. The monoisotopic (exact) mass is 523 g/mol. The molecule has 4 heterocycles. The number of hydrogen-bond acceptors (Lipinski definition) is 9. The van der Waals surface area contributed by atoms with E-state index >= 15 is 0 Å². The number of alkyl carbamates (subject to hydrolysis) is 1. The zero-order chi connectivity index (χ0) is 26.2. The van der Waals surface area contributed by atoms with Gasteiger partial charge in [-0.15, -0.1) is 10.2 Å². The number of nitrogens with one attached hydrogen (secondary N) is 1. The maximum Gasteiger partial charge on any atom is 0.407 e. The lowest BCUT2D eigenvalue weighted by molar-refractivity contribution is -0.130. The Morgan fingerprint density at radius 2 is 1.55 bits per heavy atom. The lowest BCUT2D eigenvalue weighted by Crippen LogP contribution is -2.51. The third-order valence-electron chi connectivity index (χ3n) is 7.37. The molecule has 0 saturated carbocycles. The van der Waals surface area contributed by atoms with E-state index in [1.807, 2.05) is 42.5 Å².